The first kappa shape index (κ1) is 30.0. The molecule has 1 amide bonds. The third-order valence-electron chi connectivity index (χ3n) is 10.9. The van der Waals surface area contributed by atoms with Crippen molar-refractivity contribution in [1.29, 1.82) is 0 Å². The van der Waals surface area contributed by atoms with E-state index in [1.54, 1.807) is 0 Å². The molecule has 5 rings (SSSR count). The quantitative estimate of drug-likeness (QED) is 0.249. The number of rotatable bonds is 13. The molecular weight excluding hydrogens is 506 g/mol. The normalized spacial score (nSPS) is 26.6. The molecule has 0 heterocycles. The molecule has 0 bridgehead atoms. The molecule has 0 unspecified atom stereocenters. The van der Waals surface area contributed by atoms with Crippen LogP contribution in [-0.4, -0.2) is 36.1 Å². The molecule has 4 heteroatoms. The Kier molecular flexibility index (Phi) is 9.99. The maximum atomic E-state index is 12.2. The van der Waals surface area contributed by atoms with Gasteiger partial charge in [0.1, 0.15) is 11.5 Å². The number of hydrogen-bond acceptors (Lipinski definition) is 3. The second kappa shape index (κ2) is 13.7. The summed E-state index contributed by atoms with van der Waals surface area (Å²) in [6.45, 7) is 6.37. The number of benzene rings is 2. The molecule has 0 aromatic heterocycles. The number of carbonyl (C=O) groups excluding carboxylic acids is 1. The molecule has 5 atom stereocenters. The molecule has 3 aliphatic rings. The lowest BCUT2D eigenvalue weighted by molar-refractivity contribution is -0.130. The van der Waals surface area contributed by atoms with Crippen molar-refractivity contribution in [2.24, 2.45) is 17.3 Å². The molecule has 0 radical (unpaired) electrons. The van der Waals surface area contributed by atoms with Gasteiger partial charge in [-0.2, -0.15) is 0 Å². The average molecular weight is 560 g/mol. The zero-order valence-electron chi connectivity index (χ0n) is 25.9. The number of aromatic hydroxyl groups is 1. The van der Waals surface area contributed by atoms with Crippen LogP contribution in [0.2, 0.25) is 0 Å². The number of phenols is 1. The third kappa shape index (κ3) is 6.95. The Hall–Kier alpha value is -2.49. The Labute approximate surface area is 248 Å². The highest BCUT2D eigenvalue weighted by Crippen LogP contribution is 2.65. The van der Waals surface area contributed by atoms with Crippen LogP contribution in [0.15, 0.2) is 42.5 Å². The van der Waals surface area contributed by atoms with Crippen LogP contribution in [0.5, 0.6) is 11.5 Å². The minimum Gasteiger partial charge on any atom is -0.508 e. The number of fused-ring (bicyclic) bond motifs is 5. The number of amides is 1. The zero-order valence-corrected chi connectivity index (χ0v) is 25.9. The van der Waals surface area contributed by atoms with Gasteiger partial charge in [-0.25, -0.2) is 0 Å². The molecule has 41 heavy (non-hydrogen) atoms. The van der Waals surface area contributed by atoms with E-state index in [9.17, 15) is 9.90 Å². The van der Waals surface area contributed by atoms with E-state index in [2.05, 4.69) is 44.2 Å². The summed E-state index contributed by atoms with van der Waals surface area (Å²) < 4.78 is 6.14. The van der Waals surface area contributed by atoms with Gasteiger partial charge < -0.3 is 14.7 Å². The van der Waals surface area contributed by atoms with Gasteiger partial charge in [0.15, 0.2) is 0 Å². The Morgan fingerprint density at radius 3 is 2.61 bits per heavy atom. The molecule has 2 aromatic carbocycles. The van der Waals surface area contributed by atoms with Gasteiger partial charge in [0.05, 0.1) is 6.61 Å². The number of ether oxygens (including phenoxy) is 1. The lowest BCUT2D eigenvalue weighted by Crippen LogP contribution is -2.43. The summed E-state index contributed by atoms with van der Waals surface area (Å²) in [7, 11) is 1.93. The van der Waals surface area contributed by atoms with Crippen LogP contribution in [0, 0.1) is 17.3 Å². The molecule has 2 aromatic rings. The van der Waals surface area contributed by atoms with Gasteiger partial charge in [0.25, 0.3) is 0 Å². The maximum absolute atomic E-state index is 12.2. The summed E-state index contributed by atoms with van der Waals surface area (Å²) in [6, 6.07) is 15.2. The highest BCUT2D eigenvalue weighted by Gasteiger charge is 2.54. The van der Waals surface area contributed by atoms with Crippen molar-refractivity contribution in [2.45, 2.75) is 116 Å². The molecule has 4 nitrogen and oxygen atoms in total. The van der Waals surface area contributed by atoms with E-state index in [1.165, 1.54) is 48.8 Å². The van der Waals surface area contributed by atoms with Crippen molar-refractivity contribution >= 4 is 5.91 Å². The maximum Gasteiger partial charge on any atom is 0.222 e. The second-order valence-corrected chi connectivity index (χ2v) is 13.7. The molecule has 2 fully saturated rings. The molecule has 224 valence electrons. The van der Waals surface area contributed by atoms with Crippen LogP contribution >= 0.6 is 0 Å². The highest BCUT2D eigenvalue weighted by atomic mass is 16.5. The van der Waals surface area contributed by atoms with Crippen LogP contribution in [0.3, 0.4) is 0 Å². The van der Waals surface area contributed by atoms with Gasteiger partial charge in [0.2, 0.25) is 5.91 Å². The highest BCUT2D eigenvalue weighted by molar-refractivity contribution is 5.75. The average Bonchev–Trinajstić information content (AvgIpc) is 3.38. The van der Waals surface area contributed by atoms with Crippen molar-refractivity contribution in [3.63, 3.8) is 0 Å². The van der Waals surface area contributed by atoms with E-state index in [4.69, 9.17) is 4.74 Å². The van der Waals surface area contributed by atoms with Crippen molar-refractivity contribution in [3.05, 3.63) is 59.2 Å². The minimum absolute atomic E-state index is 0.290. The lowest BCUT2D eigenvalue weighted by atomic mass is 9.51. The molecule has 0 aliphatic heterocycles. The second-order valence-electron chi connectivity index (χ2n) is 13.7. The SMILES string of the molecule is CCCCN(C)C(=O)CCCCCCCOc1ccc([C@H]2C[C@]3(C)CCC[C@H]3[C@@H]3CCc4cc(O)ccc4[C@H]32)cc1. The summed E-state index contributed by atoms with van der Waals surface area (Å²) >= 11 is 0. The predicted octanol–water partition coefficient (Wildman–Crippen LogP) is 9.01. The van der Waals surface area contributed by atoms with E-state index in [0.29, 0.717) is 29.4 Å². The summed E-state index contributed by atoms with van der Waals surface area (Å²) in [6.07, 6.45) is 16.1. The van der Waals surface area contributed by atoms with Gasteiger partial charge >= 0.3 is 0 Å². The lowest BCUT2D eigenvalue weighted by Gasteiger charge is -2.53. The number of nitrogens with zero attached hydrogens (tertiary/aromatic N) is 1. The Morgan fingerprint density at radius 2 is 1.80 bits per heavy atom. The summed E-state index contributed by atoms with van der Waals surface area (Å²) in [5.74, 6) is 4.32. The Bertz CT molecular complexity index is 1140. The Balaban J connectivity index is 1.12. The number of carbonyl (C=O) groups is 1. The van der Waals surface area contributed by atoms with Gasteiger partial charge in [-0.05, 0) is 121 Å². The summed E-state index contributed by atoms with van der Waals surface area (Å²) in [5.41, 5.74) is 4.76. The number of unbranched alkanes of at least 4 members (excludes halogenated alkanes) is 5. The van der Waals surface area contributed by atoms with Crippen LogP contribution in [0.25, 0.3) is 0 Å². The summed E-state index contributed by atoms with van der Waals surface area (Å²) in [4.78, 5) is 14.1. The van der Waals surface area contributed by atoms with Crippen molar-refractivity contribution in [3.8, 4) is 11.5 Å². The third-order valence-corrected chi connectivity index (χ3v) is 10.9. The van der Waals surface area contributed by atoms with Gasteiger partial charge in [-0.1, -0.05) is 64.2 Å². The van der Waals surface area contributed by atoms with Gasteiger partial charge in [-0.15, -0.1) is 0 Å². The molecule has 2 saturated carbocycles. The van der Waals surface area contributed by atoms with Crippen LogP contribution in [0.4, 0.5) is 0 Å². The molecule has 0 spiro atoms. The van der Waals surface area contributed by atoms with E-state index in [1.807, 2.05) is 24.1 Å². The molecule has 1 N–H and O–H groups in total. The molecule has 0 saturated heterocycles. The van der Waals surface area contributed by atoms with E-state index < -0.39 is 0 Å². The van der Waals surface area contributed by atoms with Crippen molar-refractivity contribution < 1.29 is 14.6 Å². The first-order valence-electron chi connectivity index (χ1n) is 16.7. The van der Waals surface area contributed by atoms with Gasteiger partial charge in [0, 0.05) is 20.0 Å². The van der Waals surface area contributed by atoms with E-state index >= 15 is 0 Å². The zero-order chi connectivity index (χ0) is 28.8. The number of hydrogen-bond donors (Lipinski definition) is 1. The fourth-order valence-corrected chi connectivity index (χ4v) is 8.65. The fraction of sp³-hybridized carbons (Fsp3) is 0.649. The largest absolute Gasteiger partial charge is 0.508 e. The number of aryl methyl sites for hydroxylation is 1. The first-order valence-corrected chi connectivity index (χ1v) is 16.7. The number of phenolic OH excluding ortho intramolecular Hbond substituents is 1. The van der Waals surface area contributed by atoms with Crippen molar-refractivity contribution in [1.82, 2.24) is 4.90 Å². The smallest absolute Gasteiger partial charge is 0.222 e. The molecule has 3 aliphatic carbocycles. The summed E-state index contributed by atoms with van der Waals surface area (Å²) in [5, 5.41) is 10.2. The van der Waals surface area contributed by atoms with E-state index in [0.717, 1.165) is 82.1 Å². The fourth-order valence-electron chi connectivity index (χ4n) is 8.65. The predicted molar refractivity (Wildman–Crippen MR) is 168 cm³/mol. The minimum atomic E-state index is 0.290. The topological polar surface area (TPSA) is 49.8 Å². The monoisotopic (exact) mass is 559 g/mol. The van der Waals surface area contributed by atoms with Crippen LogP contribution in [0.1, 0.15) is 126 Å². The van der Waals surface area contributed by atoms with E-state index in [-0.39, 0.29) is 5.91 Å². The van der Waals surface area contributed by atoms with Gasteiger partial charge in [-0.3, -0.25) is 4.79 Å². The molecular formula is C37H53NO3. The van der Waals surface area contributed by atoms with Crippen LogP contribution < -0.4 is 4.74 Å². The first-order chi connectivity index (χ1) is 19.9. The standard InChI is InChI=1S/C37H53NO3/c1-4-5-23-38(3)35(40)13-9-7-6-8-10-24-41-30-18-14-27(15-19-30)33-26-37(2)22-11-12-34(37)32-20-16-28-25-29(39)17-21-31(28)36(32)33/h14-15,17-19,21,25,32-34,36,39H,4-13,16,20,22-24,26H2,1-3H3/t32-,33+,34-,36+,37-/m0/s1. The van der Waals surface area contributed by atoms with Crippen molar-refractivity contribution in [2.75, 3.05) is 20.2 Å². The van der Waals surface area contributed by atoms with Crippen LogP contribution in [-0.2, 0) is 11.2 Å². The Morgan fingerprint density at radius 1 is 1.02 bits per heavy atom.